The van der Waals surface area contributed by atoms with Crippen LogP contribution in [0, 0.1) is 0 Å². The number of rotatable bonds is 4. The smallest absolute Gasteiger partial charge is 0.242 e. The van der Waals surface area contributed by atoms with Gasteiger partial charge in [-0.05, 0) is 45.2 Å². The normalized spacial score (nSPS) is 27.3. The number of anilines is 1. The zero-order chi connectivity index (χ0) is 18.0. The van der Waals surface area contributed by atoms with Gasteiger partial charge in [0.2, 0.25) is 11.9 Å². The van der Waals surface area contributed by atoms with Crippen molar-refractivity contribution in [2.24, 2.45) is 0 Å². The van der Waals surface area contributed by atoms with Crippen molar-refractivity contribution in [1.29, 1.82) is 0 Å². The van der Waals surface area contributed by atoms with Gasteiger partial charge in [0, 0.05) is 38.9 Å². The number of morpholine rings is 1. The van der Waals surface area contributed by atoms with Gasteiger partial charge in [0.1, 0.15) is 0 Å². The molecule has 3 aliphatic rings. The van der Waals surface area contributed by atoms with Crippen molar-refractivity contribution < 1.29 is 9.53 Å². The molecule has 3 saturated heterocycles. The second-order valence-corrected chi connectivity index (χ2v) is 7.75. The molecule has 0 spiro atoms. The van der Waals surface area contributed by atoms with Gasteiger partial charge in [-0.2, -0.15) is 0 Å². The molecule has 3 fully saturated rings. The average molecular weight is 359 g/mol. The molecule has 3 aliphatic heterocycles. The van der Waals surface area contributed by atoms with Crippen molar-refractivity contribution in [1.82, 2.24) is 19.8 Å². The molecule has 0 aliphatic carbocycles. The molecule has 0 saturated carbocycles. The molecule has 0 N–H and O–H groups in total. The summed E-state index contributed by atoms with van der Waals surface area (Å²) < 4.78 is 5.40. The van der Waals surface area contributed by atoms with Crippen LogP contribution in [-0.4, -0.2) is 77.2 Å². The Bertz CT molecular complexity index is 643. The first kappa shape index (κ1) is 17.7. The van der Waals surface area contributed by atoms with Crippen LogP contribution in [0.5, 0.6) is 0 Å². The Morgan fingerprint density at radius 1 is 1.15 bits per heavy atom. The standard InChI is InChI=1S/C19H29N5O2/c1-19(17(25)22-11-13-26-14-12-22)6-4-10-24(19)15-16-5-7-20-18(21-16)23-8-2-3-9-23/h5,7H,2-4,6,8-15H2,1H3. The molecule has 142 valence electrons. The zero-order valence-corrected chi connectivity index (χ0v) is 15.7. The molecular formula is C19H29N5O2. The first-order valence-corrected chi connectivity index (χ1v) is 9.86. The van der Waals surface area contributed by atoms with E-state index in [9.17, 15) is 4.79 Å². The molecule has 4 heterocycles. The summed E-state index contributed by atoms with van der Waals surface area (Å²) in [6, 6.07) is 1.98. The van der Waals surface area contributed by atoms with Crippen molar-refractivity contribution >= 4 is 11.9 Å². The molecule has 1 amide bonds. The monoisotopic (exact) mass is 359 g/mol. The molecule has 7 heteroatoms. The fourth-order valence-corrected chi connectivity index (χ4v) is 4.36. The average Bonchev–Trinajstić information content (AvgIpc) is 3.33. The summed E-state index contributed by atoms with van der Waals surface area (Å²) in [5.41, 5.74) is 0.570. The fraction of sp³-hybridized carbons (Fsp3) is 0.737. The van der Waals surface area contributed by atoms with Gasteiger partial charge < -0.3 is 14.5 Å². The minimum Gasteiger partial charge on any atom is -0.378 e. The second-order valence-electron chi connectivity index (χ2n) is 7.75. The van der Waals surface area contributed by atoms with Crippen LogP contribution in [0.15, 0.2) is 12.3 Å². The van der Waals surface area contributed by atoms with Crippen LogP contribution in [0.25, 0.3) is 0 Å². The van der Waals surface area contributed by atoms with Crippen molar-refractivity contribution in [3.05, 3.63) is 18.0 Å². The summed E-state index contributed by atoms with van der Waals surface area (Å²) in [5.74, 6) is 1.08. The van der Waals surface area contributed by atoms with Gasteiger partial charge in [-0.25, -0.2) is 9.97 Å². The highest BCUT2D eigenvalue weighted by Gasteiger charge is 2.45. The van der Waals surface area contributed by atoms with Gasteiger partial charge in [-0.15, -0.1) is 0 Å². The van der Waals surface area contributed by atoms with Crippen molar-refractivity contribution in [2.45, 2.75) is 44.7 Å². The Hall–Kier alpha value is -1.73. The zero-order valence-electron chi connectivity index (χ0n) is 15.7. The predicted octanol–water partition coefficient (Wildman–Crippen LogP) is 1.29. The Morgan fingerprint density at radius 3 is 2.69 bits per heavy atom. The predicted molar refractivity (Wildman–Crippen MR) is 98.9 cm³/mol. The van der Waals surface area contributed by atoms with E-state index < -0.39 is 5.54 Å². The molecule has 0 radical (unpaired) electrons. The second kappa shape index (κ2) is 7.48. The third-order valence-corrected chi connectivity index (χ3v) is 5.99. The largest absolute Gasteiger partial charge is 0.378 e. The topological polar surface area (TPSA) is 61.8 Å². The van der Waals surface area contributed by atoms with Crippen molar-refractivity contribution in [3.63, 3.8) is 0 Å². The lowest BCUT2D eigenvalue weighted by molar-refractivity contribution is -0.146. The first-order chi connectivity index (χ1) is 12.7. The van der Waals surface area contributed by atoms with Crippen LogP contribution in [0.3, 0.4) is 0 Å². The molecule has 26 heavy (non-hydrogen) atoms. The Balaban J connectivity index is 1.48. The first-order valence-electron chi connectivity index (χ1n) is 9.86. The van der Waals surface area contributed by atoms with E-state index in [-0.39, 0.29) is 5.91 Å². The van der Waals surface area contributed by atoms with Gasteiger partial charge in [-0.3, -0.25) is 9.69 Å². The number of aromatic nitrogens is 2. The SMILES string of the molecule is CC1(C(=O)N2CCOCC2)CCCN1Cc1ccnc(N2CCCC2)n1. The van der Waals surface area contributed by atoms with E-state index in [1.807, 2.05) is 17.2 Å². The number of ether oxygens (including phenoxy) is 1. The van der Waals surface area contributed by atoms with E-state index in [1.165, 1.54) is 12.8 Å². The summed E-state index contributed by atoms with van der Waals surface area (Å²) in [6.07, 6.45) is 6.24. The van der Waals surface area contributed by atoms with E-state index in [4.69, 9.17) is 9.72 Å². The number of amides is 1. The Labute approximate surface area is 155 Å². The van der Waals surface area contributed by atoms with E-state index in [2.05, 4.69) is 21.7 Å². The van der Waals surface area contributed by atoms with Crippen molar-refractivity contribution in [3.8, 4) is 0 Å². The van der Waals surface area contributed by atoms with Crippen molar-refractivity contribution in [2.75, 3.05) is 50.8 Å². The molecule has 1 aromatic heterocycles. The third kappa shape index (κ3) is 3.42. The van der Waals surface area contributed by atoms with Crippen LogP contribution in [0.1, 0.15) is 38.3 Å². The lowest BCUT2D eigenvalue weighted by atomic mass is 9.96. The maximum atomic E-state index is 13.2. The minimum atomic E-state index is -0.434. The molecule has 1 atom stereocenters. The Kier molecular flexibility index (Phi) is 5.09. The van der Waals surface area contributed by atoms with E-state index in [0.29, 0.717) is 32.8 Å². The third-order valence-electron chi connectivity index (χ3n) is 5.99. The lowest BCUT2D eigenvalue weighted by Gasteiger charge is -2.39. The fourth-order valence-electron chi connectivity index (χ4n) is 4.36. The van der Waals surface area contributed by atoms with Crippen LogP contribution < -0.4 is 4.90 Å². The summed E-state index contributed by atoms with van der Waals surface area (Å²) in [4.78, 5) is 29.0. The summed E-state index contributed by atoms with van der Waals surface area (Å²) >= 11 is 0. The number of carbonyl (C=O) groups excluding carboxylic acids is 1. The molecule has 0 bridgehead atoms. The van der Waals surface area contributed by atoms with Gasteiger partial charge >= 0.3 is 0 Å². The summed E-state index contributed by atoms with van der Waals surface area (Å²) in [6.45, 7) is 8.52. The van der Waals surface area contributed by atoms with Gasteiger partial charge in [0.25, 0.3) is 0 Å². The van der Waals surface area contributed by atoms with Crippen LogP contribution in [0.2, 0.25) is 0 Å². The lowest BCUT2D eigenvalue weighted by Crippen LogP contribution is -2.56. The quantitative estimate of drug-likeness (QED) is 0.807. The van der Waals surface area contributed by atoms with Gasteiger partial charge in [0.05, 0.1) is 24.4 Å². The molecule has 7 nitrogen and oxygen atoms in total. The Morgan fingerprint density at radius 2 is 1.92 bits per heavy atom. The maximum absolute atomic E-state index is 13.2. The van der Waals surface area contributed by atoms with Crippen LogP contribution in [0.4, 0.5) is 5.95 Å². The minimum absolute atomic E-state index is 0.243. The highest BCUT2D eigenvalue weighted by atomic mass is 16.5. The highest BCUT2D eigenvalue weighted by molar-refractivity contribution is 5.86. The summed E-state index contributed by atoms with van der Waals surface area (Å²) in [5, 5.41) is 0. The molecule has 1 aromatic rings. The number of nitrogens with zero attached hydrogens (tertiary/aromatic N) is 5. The number of hydrogen-bond acceptors (Lipinski definition) is 6. The molecule has 1 unspecified atom stereocenters. The number of likely N-dealkylation sites (tertiary alicyclic amines) is 1. The van der Waals surface area contributed by atoms with Gasteiger partial charge in [0.15, 0.2) is 0 Å². The van der Waals surface area contributed by atoms with Crippen LogP contribution in [-0.2, 0) is 16.1 Å². The van der Waals surface area contributed by atoms with E-state index in [0.717, 1.165) is 44.1 Å². The van der Waals surface area contributed by atoms with Crippen LogP contribution >= 0.6 is 0 Å². The van der Waals surface area contributed by atoms with E-state index in [1.54, 1.807) is 0 Å². The number of carbonyl (C=O) groups is 1. The molecule has 4 rings (SSSR count). The van der Waals surface area contributed by atoms with E-state index >= 15 is 0 Å². The number of hydrogen-bond donors (Lipinski definition) is 0. The maximum Gasteiger partial charge on any atom is 0.242 e. The summed E-state index contributed by atoms with van der Waals surface area (Å²) in [7, 11) is 0. The van der Waals surface area contributed by atoms with Gasteiger partial charge in [-0.1, -0.05) is 0 Å². The molecular weight excluding hydrogens is 330 g/mol. The molecule has 0 aromatic carbocycles. The highest BCUT2D eigenvalue weighted by Crippen LogP contribution is 2.32.